The average Bonchev–Trinajstić information content (AvgIpc) is 4.05. The number of amides is 5. The molecule has 3 heterocycles. The lowest BCUT2D eigenvalue weighted by Crippen LogP contribution is -2.53. The first-order chi connectivity index (χ1) is 35.9. The van der Waals surface area contributed by atoms with Crippen LogP contribution < -0.4 is 37.1 Å². The fourth-order valence-corrected chi connectivity index (χ4v) is 10.5. The number of benzene rings is 2. The van der Waals surface area contributed by atoms with Crippen molar-refractivity contribution in [2.45, 2.75) is 153 Å². The first-order valence-electron chi connectivity index (χ1n) is 25.9. The number of methoxy groups -OCH3 is 2. The molecule has 0 spiro atoms. The molecule has 0 aliphatic carbocycles. The summed E-state index contributed by atoms with van der Waals surface area (Å²) in [6, 6.07) is 6.37. The summed E-state index contributed by atoms with van der Waals surface area (Å²) in [7, 11) is 4.46. The number of nitrogens with zero attached hydrogens (tertiary/aromatic N) is 1. The largest absolute Gasteiger partial charge is 0.495 e. The molecule has 5 amide bonds. The van der Waals surface area contributed by atoms with Crippen molar-refractivity contribution < 1.29 is 62.4 Å². The fourth-order valence-electron chi connectivity index (χ4n) is 9.95. The van der Waals surface area contributed by atoms with Gasteiger partial charge in [0, 0.05) is 58.2 Å². The maximum atomic E-state index is 14.4. The maximum Gasteiger partial charge on any atom is 0.412 e. The number of epoxide rings is 1. The van der Waals surface area contributed by atoms with Gasteiger partial charge >= 0.3 is 18.1 Å². The normalized spacial score (nSPS) is 25.7. The van der Waals surface area contributed by atoms with E-state index in [2.05, 4.69) is 16.0 Å². The summed E-state index contributed by atoms with van der Waals surface area (Å²) < 4.78 is 29.6. The van der Waals surface area contributed by atoms with Crippen molar-refractivity contribution in [2.24, 2.45) is 29.2 Å². The van der Waals surface area contributed by atoms with E-state index in [4.69, 9.17) is 58.4 Å². The number of esters is 1. The van der Waals surface area contributed by atoms with Gasteiger partial charge in [-0.2, -0.15) is 0 Å². The molecule has 2 aromatic carbocycles. The van der Waals surface area contributed by atoms with Crippen molar-refractivity contribution in [2.75, 3.05) is 44.6 Å². The Morgan fingerprint density at radius 1 is 1.04 bits per heavy atom. The zero-order valence-corrected chi connectivity index (χ0v) is 46.4. The molecule has 2 fully saturated rings. The molecule has 9 atom stereocenters. The minimum absolute atomic E-state index is 0.000324. The van der Waals surface area contributed by atoms with Gasteiger partial charge in [-0.1, -0.05) is 80.3 Å². The minimum Gasteiger partial charge on any atom is -0.495 e. The van der Waals surface area contributed by atoms with E-state index in [9.17, 15) is 38.7 Å². The minimum atomic E-state index is -1.64. The number of nitrogens with one attached hydrogen (secondary N) is 3. The predicted octanol–water partition coefficient (Wildman–Crippen LogP) is 7.07. The molecule has 76 heavy (non-hydrogen) atoms. The van der Waals surface area contributed by atoms with E-state index >= 15 is 0 Å². The fraction of sp³-hybridized carbons (Fsp3) is 0.582. The molecular weight excluding hydrogens is 1020 g/mol. The Morgan fingerprint density at radius 3 is 2.43 bits per heavy atom. The van der Waals surface area contributed by atoms with Crippen LogP contribution in [0.25, 0.3) is 0 Å². The van der Waals surface area contributed by atoms with Crippen LogP contribution in [-0.2, 0) is 55.8 Å². The zero-order valence-electron chi connectivity index (χ0n) is 44.8. The maximum absolute atomic E-state index is 14.4. The third kappa shape index (κ3) is 16.5. The van der Waals surface area contributed by atoms with Crippen LogP contribution in [0.1, 0.15) is 110 Å². The van der Waals surface area contributed by atoms with E-state index < -0.39 is 89.8 Å². The first-order valence-corrected chi connectivity index (χ1v) is 26.6. The van der Waals surface area contributed by atoms with Gasteiger partial charge in [-0.15, -0.1) is 0 Å². The zero-order chi connectivity index (χ0) is 56.1. The predicted molar refractivity (Wildman–Crippen MR) is 288 cm³/mol. The number of carbonyl (C=O) groups excluding carboxylic acids is 7. The van der Waals surface area contributed by atoms with Crippen molar-refractivity contribution in [3.8, 4) is 5.75 Å². The quantitative estimate of drug-likeness (QED) is 0.0414. The van der Waals surface area contributed by atoms with Crippen LogP contribution in [0.15, 0.2) is 54.1 Å². The summed E-state index contributed by atoms with van der Waals surface area (Å²) in [4.78, 5) is 94.8. The van der Waals surface area contributed by atoms with Crippen LogP contribution in [-0.4, -0.2) is 123 Å². The van der Waals surface area contributed by atoms with Crippen LogP contribution >= 0.6 is 23.2 Å². The topological polar surface area (TPSA) is 281 Å². The summed E-state index contributed by atoms with van der Waals surface area (Å²) >= 11 is 13.6. The van der Waals surface area contributed by atoms with Crippen LogP contribution in [0.4, 0.5) is 21.0 Å². The SMILES string of the molecule is COc1cc2cc(c1Cl)N(C)C(=O)C[C@H](OC(=O)Nc1ccc(CC(=O)[C@H](CCCNC(N)=O)NC(=O)[C@@H](CC(=O)CCCCCN)C(C)C)cc1Cl)[C@]1(C)O[C@H]1[C@H](C)[C@@H]1C[C@@](O)(CC(=O)O1)[C@H](OC)/C=C/C=C(\C)C2. The van der Waals surface area contributed by atoms with Gasteiger partial charge in [0.25, 0.3) is 0 Å². The van der Waals surface area contributed by atoms with Crippen molar-refractivity contribution in [3.63, 3.8) is 0 Å². The molecule has 21 heteroatoms. The van der Waals surface area contributed by atoms with Gasteiger partial charge in [-0.3, -0.25) is 29.3 Å². The molecule has 4 bridgehead atoms. The molecule has 0 saturated carbocycles. The summed E-state index contributed by atoms with van der Waals surface area (Å²) in [6.07, 6.45) is 3.23. The lowest BCUT2D eigenvalue weighted by Gasteiger charge is -2.41. The Balaban J connectivity index is 1.37. The van der Waals surface area contributed by atoms with Crippen LogP contribution in [0.5, 0.6) is 5.75 Å². The van der Waals surface area contributed by atoms with Gasteiger partial charge in [0.05, 0.1) is 48.5 Å². The number of nitrogens with two attached hydrogens (primary N) is 2. The molecule has 2 saturated heterocycles. The smallest absolute Gasteiger partial charge is 0.412 e. The average molecular weight is 1100 g/mol. The second kappa shape index (κ2) is 27.7. The van der Waals surface area contributed by atoms with Gasteiger partial charge < -0.3 is 55.8 Å². The number of fused-ring (bicyclic) bond motifs is 5. The number of anilines is 2. The number of urea groups is 1. The number of ketones is 2. The van der Waals surface area contributed by atoms with E-state index in [0.29, 0.717) is 49.2 Å². The Morgan fingerprint density at radius 2 is 1.78 bits per heavy atom. The van der Waals surface area contributed by atoms with Crippen LogP contribution in [0.2, 0.25) is 10.0 Å². The number of aliphatic hydroxyl groups is 1. The van der Waals surface area contributed by atoms with Crippen LogP contribution in [0, 0.1) is 17.8 Å². The number of unbranched alkanes of at least 4 members (excludes halogenated alkanes) is 2. The van der Waals surface area contributed by atoms with E-state index in [1.54, 1.807) is 51.2 Å². The highest BCUT2D eigenvalue weighted by Crippen LogP contribution is 2.50. The number of hydrogen-bond acceptors (Lipinski definition) is 14. The van der Waals surface area contributed by atoms with Crippen LogP contribution in [0.3, 0.4) is 0 Å². The summed E-state index contributed by atoms with van der Waals surface area (Å²) in [5.74, 6) is -3.09. The molecule has 3 aliphatic heterocycles. The van der Waals surface area contributed by atoms with Crippen molar-refractivity contribution in [1.29, 1.82) is 0 Å². The molecule has 0 aromatic heterocycles. The summed E-state index contributed by atoms with van der Waals surface area (Å²) in [6.45, 7) is 9.76. The highest BCUT2D eigenvalue weighted by atomic mass is 35.5. The number of halogens is 2. The molecule has 19 nitrogen and oxygen atoms in total. The molecule has 0 unspecified atom stereocenters. The van der Waals surface area contributed by atoms with Crippen molar-refractivity contribution in [1.82, 2.24) is 10.6 Å². The third-order valence-corrected chi connectivity index (χ3v) is 15.2. The van der Waals surface area contributed by atoms with E-state index in [-0.39, 0.29) is 71.9 Å². The van der Waals surface area contributed by atoms with E-state index in [1.165, 1.54) is 31.3 Å². The molecule has 2 aromatic rings. The first kappa shape index (κ1) is 61.3. The number of ether oxygens (including phenoxy) is 5. The number of Topliss-reactive ketones (excluding diaryl/α,β-unsaturated/α-hetero) is 2. The highest BCUT2D eigenvalue weighted by molar-refractivity contribution is 6.35. The Kier molecular flexibility index (Phi) is 22.3. The molecular formula is C55H76Cl2N6O13. The number of carbonyl (C=O) groups is 7. The number of rotatable bonds is 21. The molecule has 5 rings (SSSR count). The summed E-state index contributed by atoms with van der Waals surface area (Å²) in [5, 5.41) is 20.2. The Bertz CT molecular complexity index is 2510. The standard InChI is InChI=1S/C55H76Cl2N6O13/c1-31(2)37(27-36(64)15-10-9-11-20-58)51(68)61-40(16-13-21-60-52(59)69)42(65)25-34-18-19-39(38(56)23-34)62-53(70)75-46-28-47(66)63(6)41-24-35(26-43(72-7)49(41)57)22-32(3)14-12-17-45(73-8)55(71)29-44(74-48(67)30-55)33(4)50-54(46,5)76-50/h12,14,17-19,23-24,26,31,33,37,40,44-46,50,71H,9-11,13,15-16,20-22,25,27-30,58H2,1-8H3,(H,61,68)(H,62,70)(H3,59,60,69)/b17-12+,32-14+/t33-,37+,40+,44+,45-,46+,50+,54+,55-/m1/s1. The molecule has 3 aliphatic rings. The second-order valence-corrected chi connectivity index (χ2v) is 21.6. The monoisotopic (exact) mass is 1100 g/mol. The van der Waals surface area contributed by atoms with Gasteiger partial charge in [0.1, 0.15) is 46.1 Å². The number of primary amides is 1. The third-order valence-electron chi connectivity index (χ3n) is 14.5. The highest BCUT2D eigenvalue weighted by Gasteiger charge is 2.64. The molecule has 0 radical (unpaired) electrons. The lowest BCUT2D eigenvalue weighted by molar-refractivity contribution is -0.187. The second-order valence-electron chi connectivity index (χ2n) is 20.8. The van der Waals surface area contributed by atoms with Gasteiger partial charge in [0.15, 0.2) is 5.78 Å². The Labute approximate surface area is 455 Å². The van der Waals surface area contributed by atoms with E-state index in [1.807, 2.05) is 26.8 Å². The van der Waals surface area contributed by atoms with Gasteiger partial charge in [-0.05, 0) is 93.8 Å². The molecule has 418 valence electrons. The summed E-state index contributed by atoms with van der Waals surface area (Å²) in [5.41, 5.74) is 10.5. The van der Waals surface area contributed by atoms with Gasteiger partial charge in [-0.25, -0.2) is 9.59 Å². The lowest BCUT2D eigenvalue weighted by atomic mass is 9.78. The van der Waals surface area contributed by atoms with Crippen molar-refractivity contribution in [3.05, 3.63) is 75.3 Å². The van der Waals surface area contributed by atoms with E-state index in [0.717, 1.165) is 24.0 Å². The number of hydrogen-bond donors (Lipinski definition) is 6. The van der Waals surface area contributed by atoms with Gasteiger partial charge in [0.2, 0.25) is 11.8 Å². The van der Waals surface area contributed by atoms with Crippen molar-refractivity contribution >= 4 is 76.1 Å². The number of allylic oxidation sites excluding steroid dienone is 3. The Hall–Kier alpha value is -5.57. The molecule has 8 N–H and O–H groups in total.